The number of anilines is 1. The maximum Gasteiger partial charge on any atom is 0.217 e. The lowest BCUT2D eigenvalue weighted by molar-refractivity contribution is 0.231. The molecule has 0 radical (unpaired) electrons. The smallest absolute Gasteiger partial charge is 0.217 e. The van der Waals surface area contributed by atoms with Crippen molar-refractivity contribution in [2.75, 3.05) is 5.73 Å². The van der Waals surface area contributed by atoms with Gasteiger partial charge in [-0.1, -0.05) is 0 Å². The monoisotopic (exact) mass is 260 g/mol. The van der Waals surface area contributed by atoms with Crippen LogP contribution in [0.2, 0.25) is 0 Å². The first-order chi connectivity index (χ1) is 9.02. The highest BCUT2D eigenvalue weighted by molar-refractivity contribution is 5.62. The van der Waals surface area contributed by atoms with Gasteiger partial charge in [-0.15, -0.1) is 0 Å². The maximum atomic E-state index is 13.7. The van der Waals surface area contributed by atoms with E-state index in [9.17, 15) is 4.39 Å². The van der Waals surface area contributed by atoms with Gasteiger partial charge in [0.05, 0.1) is 17.5 Å². The number of ether oxygens (including phenoxy) is 1. The summed E-state index contributed by atoms with van der Waals surface area (Å²) in [6.45, 7) is 3.60. The zero-order valence-corrected chi connectivity index (χ0v) is 10.6. The number of imidazole rings is 1. The van der Waals surface area contributed by atoms with E-state index in [2.05, 4.69) is 4.98 Å². The Morgan fingerprint density at radius 1 is 1.47 bits per heavy atom. The maximum absolute atomic E-state index is 13.7. The van der Waals surface area contributed by atoms with E-state index in [0.717, 1.165) is 0 Å². The quantitative estimate of drug-likeness (QED) is 0.859. The summed E-state index contributed by atoms with van der Waals surface area (Å²) in [5.41, 5.74) is 6.46. The lowest BCUT2D eigenvalue weighted by Gasteiger charge is -2.14. The molecule has 0 unspecified atom stereocenters. The van der Waals surface area contributed by atoms with Gasteiger partial charge in [-0.25, -0.2) is 9.37 Å². The van der Waals surface area contributed by atoms with Crippen molar-refractivity contribution in [3.63, 3.8) is 0 Å². The molecule has 0 aliphatic carbocycles. The molecule has 0 saturated heterocycles. The molecule has 0 aliphatic heterocycles. The lowest BCUT2D eigenvalue weighted by Crippen LogP contribution is -2.09. The minimum Gasteiger partial charge on any atom is -0.488 e. The summed E-state index contributed by atoms with van der Waals surface area (Å²) in [6, 6.07) is 4.58. The standard InChI is InChI=1S/C13H13FN4O/c1-8(2)19-12-6-11(10(16)5-9(12)14)18-4-3-17-13(18)7-15/h3-6,8H,16H2,1-2H3. The Kier molecular flexibility index (Phi) is 3.38. The summed E-state index contributed by atoms with van der Waals surface area (Å²) in [4.78, 5) is 3.88. The van der Waals surface area contributed by atoms with Crippen LogP contribution < -0.4 is 10.5 Å². The molecule has 1 aromatic heterocycles. The van der Waals surface area contributed by atoms with Crippen molar-refractivity contribution in [2.45, 2.75) is 20.0 Å². The van der Waals surface area contributed by atoms with Crippen molar-refractivity contribution < 1.29 is 9.13 Å². The first-order valence-corrected chi connectivity index (χ1v) is 5.72. The summed E-state index contributed by atoms with van der Waals surface area (Å²) in [5, 5.41) is 8.95. The van der Waals surface area contributed by atoms with E-state index in [1.54, 1.807) is 20.0 Å². The number of rotatable bonds is 3. The summed E-state index contributed by atoms with van der Waals surface area (Å²) >= 11 is 0. The van der Waals surface area contributed by atoms with Gasteiger partial charge in [-0.2, -0.15) is 5.26 Å². The second-order valence-corrected chi connectivity index (χ2v) is 4.24. The van der Waals surface area contributed by atoms with E-state index in [1.165, 1.54) is 22.9 Å². The van der Waals surface area contributed by atoms with Gasteiger partial charge >= 0.3 is 0 Å². The fourth-order valence-corrected chi connectivity index (χ4v) is 1.69. The molecule has 0 saturated carbocycles. The molecule has 2 aromatic rings. The molecule has 0 fully saturated rings. The summed E-state index contributed by atoms with van der Waals surface area (Å²) < 4.78 is 20.6. The molecule has 1 heterocycles. The Morgan fingerprint density at radius 3 is 2.84 bits per heavy atom. The fraction of sp³-hybridized carbons (Fsp3) is 0.231. The van der Waals surface area contributed by atoms with Gasteiger partial charge in [-0.3, -0.25) is 4.57 Å². The van der Waals surface area contributed by atoms with E-state index >= 15 is 0 Å². The average molecular weight is 260 g/mol. The molecule has 1 aromatic carbocycles. The molecular formula is C13H13FN4O. The van der Waals surface area contributed by atoms with Crippen molar-refractivity contribution >= 4 is 5.69 Å². The molecule has 19 heavy (non-hydrogen) atoms. The third-order valence-corrected chi connectivity index (χ3v) is 2.44. The van der Waals surface area contributed by atoms with Crippen molar-refractivity contribution in [3.8, 4) is 17.5 Å². The second-order valence-electron chi connectivity index (χ2n) is 4.24. The Hall–Kier alpha value is -2.55. The molecule has 0 bridgehead atoms. The predicted molar refractivity (Wildman–Crippen MR) is 68.4 cm³/mol. The number of hydrogen-bond acceptors (Lipinski definition) is 4. The van der Waals surface area contributed by atoms with Gasteiger partial charge in [-0.05, 0) is 13.8 Å². The number of benzene rings is 1. The zero-order valence-electron chi connectivity index (χ0n) is 10.6. The highest BCUT2D eigenvalue weighted by Crippen LogP contribution is 2.28. The predicted octanol–water partition coefficient (Wildman–Crippen LogP) is 2.25. The number of nitrogens with zero attached hydrogens (tertiary/aromatic N) is 3. The molecule has 2 rings (SSSR count). The normalized spacial score (nSPS) is 10.5. The minimum atomic E-state index is -0.534. The van der Waals surface area contributed by atoms with Crippen LogP contribution >= 0.6 is 0 Å². The topological polar surface area (TPSA) is 76.9 Å². The largest absolute Gasteiger partial charge is 0.488 e. The van der Waals surface area contributed by atoms with Gasteiger partial charge in [0.25, 0.3) is 0 Å². The van der Waals surface area contributed by atoms with Crippen LogP contribution in [0.5, 0.6) is 5.75 Å². The summed E-state index contributed by atoms with van der Waals surface area (Å²) in [7, 11) is 0. The number of hydrogen-bond donors (Lipinski definition) is 1. The van der Waals surface area contributed by atoms with Crippen molar-refractivity contribution in [1.29, 1.82) is 5.26 Å². The van der Waals surface area contributed by atoms with Gasteiger partial charge in [0.15, 0.2) is 11.6 Å². The first kappa shape index (κ1) is 12.9. The van der Waals surface area contributed by atoms with E-state index < -0.39 is 5.82 Å². The van der Waals surface area contributed by atoms with Crippen LogP contribution in [0.1, 0.15) is 19.7 Å². The number of nitrogens with two attached hydrogens (primary N) is 1. The van der Waals surface area contributed by atoms with E-state index in [1.807, 2.05) is 6.07 Å². The van der Waals surface area contributed by atoms with Crippen molar-refractivity contribution in [3.05, 3.63) is 36.2 Å². The Bertz CT molecular complexity index is 643. The van der Waals surface area contributed by atoms with Gasteiger partial charge in [0.2, 0.25) is 5.82 Å². The van der Waals surface area contributed by atoms with Crippen molar-refractivity contribution in [2.24, 2.45) is 0 Å². The van der Waals surface area contributed by atoms with Crippen LogP contribution in [-0.2, 0) is 0 Å². The molecule has 0 amide bonds. The highest BCUT2D eigenvalue weighted by Gasteiger charge is 2.14. The minimum absolute atomic E-state index is 0.0942. The van der Waals surface area contributed by atoms with Crippen LogP contribution in [0, 0.1) is 17.1 Å². The molecular weight excluding hydrogens is 247 g/mol. The third kappa shape index (κ3) is 2.50. The molecule has 2 N–H and O–H groups in total. The fourth-order valence-electron chi connectivity index (χ4n) is 1.69. The van der Waals surface area contributed by atoms with Crippen LogP contribution in [-0.4, -0.2) is 15.7 Å². The summed E-state index contributed by atoms with van der Waals surface area (Å²) in [6.07, 6.45) is 2.90. The molecule has 0 aliphatic rings. The van der Waals surface area contributed by atoms with Crippen molar-refractivity contribution in [1.82, 2.24) is 9.55 Å². The van der Waals surface area contributed by atoms with E-state index in [4.69, 9.17) is 15.7 Å². The van der Waals surface area contributed by atoms with E-state index in [-0.39, 0.29) is 23.4 Å². The highest BCUT2D eigenvalue weighted by atomic mass is 19.1. The molecule has 0 spiro atoms. The number of aromatic nitrogens is 2. The van der Waals surface area contributed by atoms with Crippen LogP contribution in [0.15, 0.2) is 24.5 Å². The average Bonchev–Trinajstić information content (AvgIpc) is 2.80. The van der Waals surface area contributed by atoms with E-state index in [0.29, 0.717) is 5.69 Å². The van der Waals surface area contributed by atoms with Gasteiger partial charge in [0.1, 0.15) is 6.07 Å². The number of nitriles is 1. The van der Waals surface area contributed by atoms with Gasteiger partial charge < -0.3 is 10.5 Å². The number of halogens is 1. The number of nitrogen functional groups attached to an aromatic ring is 1. The Labute approximate surface area is 110 Å². The second kappa shape index (κ2) is 4.98. The molecule has 98 valence electrons. The molecule has 0 atom stereocenters. The van der Waals surface area contributed by atoms with Crippen LogP contribution in [0.3, 0.4) is 0 Å². The summed E-state index contributed by atoms with van der Waals surface area (Å²) in [5.74, 6) is -0.265. The molecule has 5 nitrogen and oxygen atoms in total. The van der Waals surface area contributed by atoms with Crippen LogP contribution in [0.4, 0.5) is 10.1 Å². The first-order valence-electron chi connectivity index (χ1n) is 5.72. The Balaban J connectivity index is 2.55. The van der Waals surface area contributed by atoms with Gasteiger partial charge in [0, 0.05) is 24.5 Å². The third-order valence-electron chi connectivity index (χ3n) is 2.44. The lowest BCUT2D eigenvalue weighted by atomic mass is 10.2. The van der Waals surface area contributed by atoms with Crippen LogP contribution in [0.25, 0.3) is 5.69 Å². The SMILES string of the molecule is CC(C)Oc1cc(-n2ccnc2C#N)c(N)cc1F. The Morgan fingerprint density at radius 2 is 2.21 bits per heavy atom. The molecule has 6 heteroatoms. The zero-order chi connectivity index (χ0) is 14.0.